The summed E-state index contributed by atoms with van der Waals surface area (Å²) < 4.78 is 13.8. The summed E-state index contributed by atoms with van der Waals surface area (Å²) in [6.07, 6.45) is 0.853. The minimum Gasteiger partial charge on any atom is -0.465 e. The number of aromatic nitrogens is 4. The molecule has 214 valence electrons. The summed E-state index contributed by atoms with van der Waals surface area (Å²) in [7, 11) is 0. The van der Waals surface area contributed by atoms with Gasteiger partial charge in [-0.25, -0.2) is 14.2 Å². The highest BCUT2D eigenvalue weighted by molar-refractivity contribution is 5.78. The monoisotopic (exact) mass is 548 g/mol. The number of carboxylic acid groups (broad SMARTS) is 1. The molecule has 1 fully saturated rings. The lowest BCUT2D eigenvalue weighted by atomic mass is 9.98. The van der Waals surface area contributed by atoms with Crippen LogP contribution in [-0.4, -0.2) is 79.5 Å². The number of nitrogens with zero attached hydrogens (tertiary/aromatic N) is 6. The minimum absolute atomic E-state index is 0.0192. The van der Waals surface area contributed by atoms with E-state index in [0.29, 0.717) is 19.0 Å². The second-order valence-corrected chi connectivity index (χ2v) is 10.5. The summed E-state index contributed by atoms with van der Waals surface area (Å²) in [6, 6.07) is 0. The minimum atomic E-state index is -1.02. The lowest BCUT2D eigenvalue weighted by molar-refractivity contribution is -0.157. The second kappa shape index (κ2) is 11.7. The smallest absolute Gasteiger partial charge is 0.407 e. The normalized spacial score (nSPS) is 13.9. The third kappa shape index (κ3) is 6.49. The van der Waals surface area contributed by atoms with Crippen molar-refractivity contribution in [2.24, 2.45) is 5.41 Å². The number of anilines is 1. The number of hydrogen-bond acceptors (Lipinski definition) is 9. The van der Waals surface area contributed by atoms with E-state index >= 15 is 0 Å². The van der Waals surface area contributed by atoms with Crippen LogP contribution in [0.2, 0.25) is 0 Å². The lowest BCUT2D eigenvalue weighted by Crippen LogP contribution is -2.49. The van der Waals surface area contributed by atoms with Crippen molar-refractivity contribution in [1.82, 2.24) is 23.6 Å². The van der Waals surface area contributed by atoms with Gasteiger partial charge in [0.1, 0.15) is 6.54 Å². The Labute approximate surface area is 225 Å². The van der Waals surface area contributed by atoms with Crippen molar-refractivity contribution in [3.05, 3.63) is 32.5 Å². The van der Waals surface area contributed by atoms with Crippen LogP contribution in [0, 0.1) is 5.41 Å². The van der Waals surface area contributed by atoms with Gasteiger partial charge < -0.3 is 28.9 Å². The fourth-order valence-electron chi connectivity index (χ4n) is 4.00. The Balaban J connectivity index is 2.24. The third-order valence-electron chi connectivity index (χ3n) is 6.14. The molecule has 3 rings (SSSR count). The van der Waals surface area contributed by atoms with Crippen molar-refractivity contribution in [3.63, 3.8) is 0 Å². The van der Waals surface area contributed by atoms with Crippen LogP contribution < -0.4 is 16.1 Å². The van der Waals surface area contributed by atoms with Crippen molar-refractivity contribution in [2.45, 2.75) is 61.4 Å². The van der Waals surface area contributed by atoms with Crippen LogP contribution in [0.15, 0.2) is 21.2 Å². The molecule has 0 atom stereocenters. The fourth-order valence-corrected chi connectivity index (χ4v) is 4.00. The largest absolute Gasteiger partial charge is 0.465 e. The first-order valence-corrected chi connectivity index (χ1v) is 12.7. The summed E-state index contributed by atoms with van der Waals surface area (Å²) in [6.45, 7) is 10.6. The number of rotatable bonds is 8. The number of carbonyl (C=O) groups excluding carboxylic acids is 2. The van der Waals surface area contributed by atoms with E-state index in [1.54, 1.807) is 32.3 Å². The van der Waals surface area contributed by atoms with Gasteiger partial charge in [-0.05, 0) is 41.5 Å². The highest BCUT2D eigenvalue weighted by Crippen LogP contribution is 2.22. The predicted molar refractivity (Wildman–Crippen MR) is 142 cm³/mol. The highest BCUT2D eigenvalue weighted by Gasteiger charge is 2.29. The average molecular weight is 549 g/mol. The molecule has 14 heteroatoms. The molecule has 1 aliphatic rings. The standard InChI is InChI=1S/C25H36N6O8/c1-7-38-17(32)14-30-19-18(20(33)31(23(30)35)15-39-21(34)25(4,5)6)29(9-8-16(2)3)22(26-19)27-10-12-28(13-11-27)24(36)37/h8H,7,9-15H2,1-6H3,(H,36,37). The molecule has 14 nitrogen and oxygen atoms in total. The zero-order valence-electron chi connectivity index (χ0n) is 23.2. The number of carbonyl (C=O) groups is 3. The Hall–Kier alpha value is -4.10. The molecule has 0 aliphatic carbocycles. The van der Waals surface area contributed by atoms with Crippen LogP contribution in [0.4, 0.5) is 10.7 Å². The zero-order chi connectivity index (χ0) is 29.1. The van der Waals surface area contributed by atoms with E-state index < -0.39 is 48.0 Å². The molecule has 1 N–H and O–H groups in total. The van der Waals surface area contributed by atoms with Gasteiger partial charge in [0.15, 0.2) is 17.9 Å². The van der Waals surface area contributed by atoms with Crippen molar-refractivity contribution in [2.75, 3.05) is 37.7 Å². The van der Waals surface area contributed by atoms with Crippen LogP contribution in [0.3, 0.4) is 0 Å². The number of allylic oxidation sites excluding steroid dienone is 2. The highest BCUT2D eigenvalue weighted by atomic mass is 16.5. The Morgan fingerprint density at radius 1 is 1.00 bits per heavy atom. The number of amides is 1. The first kappa shape index (κ1) is 29.5. The number of imidazole rings is 1. The molecule has 39 heavy (non-hydrogen) atoms. The topological polar surface area (TPSA) is 158 Å². The van der Waals surface area contributed by atoms with Gasteiger partial charge in [0.2, 0.25) is 5.95 Å². The molecule has 2 aromatic heterocycles. The number of esters is 2. The van der Waals surface area contributed by atoms with E-state index in [1.807, 2.05) is 24.8 Å². The molecule has 2 aromatic rings. The van der Waals surface area contributed by atoms with Gasteiger partial charge in [-0.3, -0.25) is 19.0 Å². The Kier molecular flexibility index (Phi) is 8.87. The van der Waals surface area contributed by atoms with Gasteiger partial charge in [-0.1, -0.05) is 11.6 Å². The molecule has 0 unspecified atom stereocenters. The quantitative estimate of drug-likeness (QED) is 0.376. The molecule has 1 saturated heterocycles. The predicted octanol–water partition coefficient (Wildman–Crippen LogP) is 1.24. The first-order valence-electron chi connectivity index (χ1n) is 12.7. The molecular formula is C25H36N6O8. The van der Waals surface area contributed by atoms with E-state index in [2.05, 4.69) is 4.98 Å². The van der Waals surface area contributed by atoms with E-state index in [-0.39, 0.29) is 37.4 Å². The average Bonchev–Trinajstić information content (AvgIpc) is 3.24. The maximum atomic E-state index is 13.7. The van der Waals surface area contributed by atoms with E-state index in [9.17, 15) is 29.1 Å². The molecule has 0 bridgehead atoms. The summed E-state index contributed by atoms with van der Waals surface area (Å²) in [5.41, 5.74) is -1.49. The SMILES string of the molecule is CCOC(=O)Cn1c(=O)n(COC(=O)C(C)(C)C)c(=O)c2c1nc(N1CCN(C(=O)O)CC1)n2CC=C(C)C. The summed E-state index contributed by atoms with van der Waals surface area (Å²) in [5.74, 6) is -0.958. The van der Waals surface area contributed by atoms with E-state index in [4.69, 9.17) is 9.47 Å². The molecule has 0 spiro atoms. The third-order valence-corrected chi connectivity index (χ3v) is 6.14. The lowest BCUT2D eigenvalue weighted by Gasteiger charge is -2.33. The van der Waals surface area contributed by atoms with Crippen LogP contribution >= 0.6 is 0 Å². The van der Waals surface area contributed by atoms with E-state index in [1.165, 1.54) is 4.90 Å². The Morgan fingerprint density at radius 2 is 1.64 bits per heavy atom. The molecule has 1 amide bonds. The van der Waals surface area contributed by atoms with Gasteiger partial charge in [0, 0.05) is 32.7 Å². The number of hydrogen-bond donors (Lipinski definition) is 1. The molecule has 0 saturated carbocycles. The van der Waals surface area contributed by atoms with Crippen molar-refractivity contribution < 1.29 is 29.0 Å². The van der Waals surface area contributed by atoms with Gasteiger partial charge in [0.05, 0.1) is 12.0 Å². The van der Waals surface area contributed by atoms with Crippen molar-refractivity contribution in [1.29, 1.82) is 0 Å². The maximum absolute atomic E-state index is 13.7. The summed E-state index contributed by atoms with van der Waals surface area (Å²) in [4.78, 5) is 71.2. The molecule has 0 radical (unpaired) electrons. The molecule has 0 aromatic carbocycles. The van der Waals surface area contributed by atoms with Crippen LogP contribution in [0.25, 0.3) is 11.2 Å². The molecule has 1 aliphatic heterocycles. The number of piperazine rings is 1. The van der Waals surface area contributed by atoms with Crippen LogP contribution in [-0.2, 0) is 38.9 Å². The van der Waals surface area contributed by atoms with Crippen molar-refractivity contribution >= 4 is 35.1 Å². The van der Waals surface area contributed by atoms with Gasteiger partial charge in [-0.15, -0.1) is 0 Å². The Bertz CT molecular complexity index is 1400. The van der Waals surface area contributed by atoms with E-state index in [0.717, 1.165) is 14.7 Å². The summed E-state index contributed by atoms with van der Waals surface area (Å²) in [5, 5.41) is 9.33. The second-order valence-electron chi connectivity index (χ2n) is 10.5. The van der Waals surface area contributed by atoms with Gasteiger partial charge >= 0.3 is 23.7 Å². The van der Waals surface area contributed by atoms with Gasteiger partial charge in [0.25, 0.3) is 5.56 Å². The van der Waals surface area contributed by atoms with Crippen LogP contribution in [0.1, 0.15) is 41.5 Å². The fraction of sp³-hybridized carbons (Fsp3) is 0.600. The summed E-state index contributed by atoms with van der Waals surface area (Å²) >= 11 is 0. The zero-order valence-corrected chi connectivity index (χ0v) is 23.2. The van der Waals surface area contributed by atoms with Crippen molar-refractivity contribution in [3.8, 4) is 0 Å². The molecular weight excluding hydrogens is 512 g/mol. The first-order chi connectivity index (χ1) is 18.3. The maximum Gasteiger partial charge on any atom is 0.407 e. The Morgan fingerprint density at radius 3 is 2.18 bits per heavy atom. The van der Waals surface area contributed by atoms with Gasteiger partial charge in [-0.2, -0.15) is 4.98 Å². The number of fused-ring (bicyclic) bond motifs is 1. The number of ether oxygens (including phenoxy) is 2. The molecule has 3 heterocycles. The van der Waals surface area contributed by atoms with Crippen LogP contribution in [0.5, 0.6) is 0 Å².